The van der Waals surface area contributed by atoms with E-state index in [0.29, 0.717) is 0 Å². The SMILES string of the molecule is O=S(/C=C/c1cnc2ccccc2c1)c1ccncc1. The first-order valence-electron chi connectivity index (χ1n) is 6.16. The van der Waals surface area contributed by atoms with Crippen LogP contribution in [0.5, 0.6) is 0 Å². The van der Waals surface area contributed by atoms with Gasteiger partial charge < -0.3 is 0 Å². The topological polar surface area (TPSA) is 42.9 Å². The van der Waals surface area contributed by atoms with Crippen molar-refractivity contribution in [2.24, 2.45) is 0 Å². The van der Waals surface area contributed by atoms with Gasteiger partial charge in [-0.1, -0.05) is 18.2 Å². The molecule has 3 aromatic rings. The lowest BCUT2D eigenvalue weighted by atomic mass is 10.2. The Morgan fingerprint density at radius 1 is 1.05 bits per heavy atom. The number of benzene rings is 1. The standard InChI is InChI=1S/C16H12N2OS/c19-20(15-5-8-17-9-6-15)10-7-13-11-14-3-1-2-4-16(14)18-12-13/h1-12H/b10-7+. The lowest BCUT2D eigenvalue weighted by Crippen LogP contribution is -1.86. The molecule has 2 heterocycles. The van der Waals surface area contributed by atoms with Gasteiger partial charge >= 0.3 is 0 Å². The van der Waals surface area contributed by atoms with Gasteiger partial charge in [0.1, 0.15) is 0 Å². The summed E-state index contributed by atoms with van der Waals surface area (Å²) in [5.74, 6) is 0. The van der Waals surface area contributed by atoms with Gasteiger partial charge in [-0.05, 0) is 35.9 Å². The molecule has 3 rings (SSSR count). The minimum atomic E-state index is -1.17. The van der Waals surface area contributed by atoms with Crippen LogP contribution in [0.1, 0.15) is 5.56 Å². The van der Waals surface area contributed by atoms with E-state index in [2.05, 4.69) is 9.97 Å². The second-order valence-electron chi connectivity index (χ2n) is 4.24. The molecule has 0 amide bonds. The van der Waals surface area contributed by atoms with E-state index in [-0.39, 0.29) is 0 Å². The number of aromatic nitrogens is 2. The summed E-state index contributed by atoms with van der Waals surface area (Å²) < 4.78 is 12.1. The van der Waals surface area contributed by atoms with Gasteiger partial charge in [-0.3, -0.25) is 9.97 Å². The van der Waals surface area contributed by atoms with Crippen LogP contribution in [0.3, 0.4) is 0 Å². The van der Waals surface area contributed by atoms with Crippen molar-refractivity contribution in [1.82, 2.24) is 9.97 Å². The summed E-state index contributed by atoms with van der Waals surface area (Å²) in [6.45, 7) is 0. The molecule has 0 radical (unpaired) electrons. The lowest BCUT2D eigenvalue weighted by molar-refractivity contribution is 0.688. The average Bonchev–Trinajstić information content (AvgIpc) is 2.53. The Balaban J connectivity index is 1.85. The van der Waals surface area contributed by atoms with Crippen LogP contribution < -0.4 is 0 Å². The van der Waals surface area contributed by atoms with Gasteiger partial charge in [-0.15, -0.1) is 0 Å². The maximum absolute atomic E-state index is 12.1. The van der Waals surface area contributed by atoms with Crippen molar-refractivity contribution in [1.29, 1.82) is 0 Å². The quantitative estimate of drug-likeness (QED) is 0.738. The van der Waals surface area contributed by atoms with Crippen LogP contribution in [-0.2, 0) is 10.8 Å². The highest BCUT2D eigenvalue weighted by Gasteiger charge is 1.99. The van der Waals surface area contributed by atoms with Crippen LogP contribution in [-0.4, -0.2) is 14.2 Å². The minimum Gasteiger partial charge on any atom is -0.265 e. The molecular weight excluding hydrogens is 268 g/mol. The summed E-state index contributed by atoms with van der Waals surface area (Å²) in [5.41, 5.74) is 1.89. The zero-order chi connectivity index (χ0) is 13.8. The van der Waals surface area contributed by atoms with E-state index >= 15 is 0 Å². The van der Waals surface area contributed by atoms with Gasteiger partial charge in [0.05, 0.1) is 16.3 Å². The predicted molar refractivity (Wildman–Crippen MR) is 81.4 cm³/mol. The summed E-state index contributed by atoms with van der Waals surface area (Å²) >= 11 is 0. The number of hydrogen-bond acceptors (Lipinski definition) is 3. The Hall–Kier alpha value is -2.33. The van der Waals surface area contributed by atoms with E-state index < -0.39 is 10.8 Å². The summed E-state index contributed by atoms with van der Waals surface area (Å²) in [7, 11) is -1.17. The van der Waals surface area contributed by atoms with Gasteiger partial charge in [0, 0.05) is 34.3 Å². The summed E-state index contributed by atoms with van der Waals surface area (Å²) in [6.07, 6.45) is 6.88. The highest BCUT2D eigenvalue weighted by atomic mass is 32.2. The molecule has 20 heavy (non-hydrogen) atoms. The summed E-state index contributed by atoms with van der Waals surface area (Å²) in [5, 5.41) is 2.74. The molecule has 0 aliphatic carbocycles. The van der Waals surface area contributed by atoms with Crippen LogP contribution in [0.4, 0.5) is 0 Å². The summed E-state index contributed by atoms with van der Waals surface area (Å²) in [4.78, 5) is 9.02. The van der Waals surface area contributed by atoms with E-state index in [1.165, 1.54) is 0 Å². The molecule has 0 bridgehead atoms. The van der Waals surface area contributed by atoms with Gasteiger partial charge in [0.15, 0.2) is 0 Å². The Kier molecular flexibility index (Phi) is 3.65. The Morgan fingerprint density at radius 2 is 1.85 bits per heavy atom. The van der Waals surface area contributed by atoms with E-state index in [9.17, 15) is 4.21 Å². The molecule has 2 aromatic heterocycles. The Bertz CT molecular complexity index is 785. The third-order valence-electron chi connectivity index (χ3n) is 2.88. The molecule has 0 aliphatic heterocycles. The molecule has 0 saturated heterocycles. The first kappa shape index (κ1) is 12.7. The van der Waals surface area contributed by atoms with Gasteiger partial charge in [0.25, 0.3) is 0 Å². The van der Waals surface area contributed by atoms with E-state index in [1.54, 1.807) is 36.1 Å². The summed E-state index contributed by atoms with van der Waals surface area (Å²) in [6, 6.07) is 13.5. The van der Waals surface area contributed by atoms with Gasteiger partial charge in [0.2, 0.25) is 0 Å². The zero-order valence-corrected chi connectivity index (χ0v) is 11.5. The predicted octanol–water partition coefficient (Wildman–Crippen LogP) is 3.41. The highest BCUT2D eigenvalue weighted by molar-refractivity contribution is 7.88. The fraction of sp³-hybridized carbons (Fsp3) is 0. The Labute approximate surface area is 119 Å². The maximum Gasteiger partial charge on any atom is 0.0777 e. The van der Waals surface area contributed by atoms with Crippen molar-refractivity contribution in [2.45, 2.75) is 4.90 Å². The molecule has 0 fully saturated rings. The number of hydrogen-bond donors (Lipinski definition) is 0. The molecule has 4 heteroatoms. The molecule has 0 N–H and O–H groups in total. The normalized spacial score (nSPS) is 12.8. The smallest absolute Gasteiger partial charge is 0.0777 e. The van der Waals surface area contributed by atoms with Crippen molar-refractivity contribution in [2.75, 3.05) is 0 Å². The molecule has 0 saturated carbocycles. The minimum absolute atomic E-state index is 0.741. The zero-order valence-electron chi connectivity index (χ0n) is 10.6. The number of para-hydroxylation sites is 1. The fourth-order valence-corrected chi connectivity index (χ4v) is 2.70. The van der Waals surface area contributed by atoms with E-state index in [1.807, 2.05) is 36.4 Å². The molecule has 1 unspecified atom stereocenters. The van der Waals surface area contributed by atoms with Crippen molar-refractivity contribution in [3.63, 3.8) is 0 Å². The van der Waals surface area contributed by atoms with Crippen LogP contribution in [0, 0.1) is 0 Å². The maximum atomic E-state index is 12.1. The number of nitrogens with zero attached hydrogens (tertiary/aromatic N) is 2. The third-order valence-corrected chi connectivity index (χ3v) is 4.00. The fourth-order valence-electron chi connectivity index (χ4n) is 1.87. The van der Waals surface area contributed by atoms with Crippen LogP contribution in [0.25, 0.3) is 17.0 Å². The number of pyridine rings is 2. The molecule has 98 valence electrons. The second kappa shape index (κ2) is 5.75. The molecule has 3 nitrogen and oxygen atoms in total. The molecule has 1 aromatic carbocycles. The van der Waals surface area contributed by atoms with E-state index in [0.717, 1.165) is 21.4 Å². The number of rotatable bonds is 3. The Morgan fingerprint density at radius 3 is 2.70 bits per heavy atom. The van der Waals surface area contributed by atoms with Crippen LogP contribution in [0.15, 0.2) is 71.4 Å². The molecule has 0 spiro atoms. The first-order valence-corrected chi connectivity index (χ1v) is 7.38. The van der Waals surface area contributed by atoms with Crippen molar-refractivity contribution in [3.05, 3.63) is 72.0 Å². The van der Waals surface area contributed by atoms with Crippen molar-refractivity contribution in [3.8, 4) is 0 Å². The van der Waals surface area contributed by atoms with Crippen molar-refractivity contribution < 1.29 is 4.21 Å². The van der Waals surface area contributed by atoms with Gasteiger partial charge in [-0.25, -0.2) is 4.21 Å². The highest BCUT2D eigenvalue weighted by Crippen LogP contribution is 2.14. The molecule has 1 atom stereocenters. The lowest BCUT2D eigenvalue weighted by Gasteiger charge is -1.98. The van der Waals surface area contributed by atoms with Crippen LogP contribution >= 0.6 is 0 Å². The largest absolute Gasteiger partial charge is 0.265 e. The first-order chi connectivity index (χ1) is 9.83. The van der Waals surface area contributed by atoms with Crippen molar-refractivity contribution >= 4 is 27.8 Å². The number of fused-ring (bicyclic) bond motifs is 1. The van der Waals surface area contributed by atoms with E-state index in [4.69, 9.17) is 0 Å². The molecule has 0 aliphatic rings. The van der Waals surface area contributed by atoms with Crippen LogP contribution in [0.2, 0.25) is 0 Å². The third kappa shape index (κ3) is 2.81. The van der Waals surface area contributed by atoms with Gasteiger partial charge in [-0.2, -0.15) is 0 Å². The molecular formula is C16H12N2OS. The monoisotopic (exact) mass is 280 g/mol. The average molecular weight is 280 g/mol. The second-order valence-corrected chi connectivity index (χ2v) is 5.58.